The van der Waals surface area contributed by atoms with Gasteiger partial charge in [0, 0.05) is 49.0 Å². The quantitative estimate of drug-likeness (QED) is 0.122. The molecular formula is C63H43N3O3P6. The van der Waals surface area contributed by atoms with Crippen LogP contribution in [0.25, 0.3) is 155 Å². The first-order chi connectivity index (χ1) is 36.8. The third kappa shape index (κ3) is 8.24. The topological polar surface area (TPSA) is 78.1 Å². The van der Waals surface area contributed by atoms with E-state index in [1.807, 2.05) is 66.7 Å². The third-order valence-electron chi connectivity index (χ3n) is 14.2. The zero-order valence-corrected chi connectivity index (χ0v) is 46.4. The summed E-state index contributed by atoms with van der Waals surface area (Å²) in [6.07, 6.45) is 0. The summed E-state index contributed by atoms with van der Waals surface area (Å²) in [5, 5.41) is 13.7. The van der Waals surface area contributed by atoms with Gasteiger partial charge in [-0.2, -0.15) is 0 Å². The highest BCUT2D eigenvalue weighted by molar-refractivity contribution is 8.92. The summed E-state index contributed by atoms with van der Waals surface area (Å²) in [7, 11) is 11.2. The molecule has 15 aromatic rings. The molecule has 75 heavy (non-hydrogen) atoms. The van der Waals surface area contributed by atoms with Crippen LogP contribution in [0, 0.1) is 0 Å². The molecule has 0 aliphatic carbocycles. The molecule has 0 spiro atoms. The maximum atomic E-state index is 6.60. The number of nitrogens with zero attached hydrogens (tertiary/aromatic N) is 3. The average molecular weight is 1080 g/mol. The molecule has 4 atom stereocenters. The first-order valence-electron chi connectivity index (χ1n) is 24.4. The predicted molar refractivity (Wildman–Crippen MR) is 334 cm³/mol. The lowest BCUT2D eigenvalue weighted by atomic mass is 9.91. The van der Waals surface area contributed by atoms with Crippen LogP contribution in [0.3, 0.4) is 0 Å². The van der Waals surface area contributed by atoms with E-state index >= 15 is 0 Å². The summed E-state index contributed by atoms with van der Waals surface area (Å²) in [5.74, 6) is 1.68. The van der Waals surface area contributed by atoms with Crippen LogP contribution < -0.4 is 0 Å². The van der Waals surface area contributed by atoms with Gasteiger partial charge >= 0.3 is 0 Å². The van der Waals surface area contributed by atoms with E-state index in [1.54, 1.807) is 0 Å². The van der Waals surface area contributed by atoms with Crippen LogP contribution in [-0.4, -0.2) is 15.0 Å². The second-order valence-corrected chi connectivity index (χ2v) is 38.3. The highest BCUT2D eigenvalue weighted by atomic mass is 33.0. The normalized spacial score (nSPS) is 12.0. The number of hydrogen-bond donors (Lipinski definition) is 0. The van der Waals surface area contributed by atoms with Crippen LogP contribution in [0.1, 0.15) is 0 Å². The van der Waals surface area contributed by atoms with E-state index in [-0.39, 0.29) is 14.0 Å². The maximum Gasteiger partial charge on any atom is 0.164 e. The molecule has 15 rings (SSSR count). The van der Waals surface area contributed by atoms with Crippen molar-refractivity contribution in [3.8, 4) is 56.4 Å². The first kappa shape index (κ1) is 46.7. The van der Waals surface area contributed by atoms with Gasteiger partial charge in [0.1, 0.15) is 33.5 Å². The van der Waals surface area contributed by atoms with E-state index in [1.165, 1.54) is 32.3 Å². The largest absolute Gasteiger partial charge is 0.456 e. The monoisotopic (exact) mass is 1080 g/mol. The Hall–Kier alpha value is -6.81. The van der Waals surface area contributed by atoms with Crippen molar-refractivity contribution in [1.29, 1.82) is 0 Å². The molecule has 0 aliphatic heterocycles. The molecule has 4 aromatic heterocycles. The minimum Gasteiger partial charge on any atom is -0.456 e. The molecule has 4 heterocycles. The smallest absolute Gasteiger partial charge is 0.164 e. The molecule has 6 nitrogen and oxygen atoms in total. The summed E-state index contributed by atoms with van der Waals surface area (Å²) in [6.45, 7) is 0.329. The number of hydrogen-bond acceptors (Lipinski definition) is 6. The minimum atomic E-state index is 0.165. The van der Waals surface area contributed by atoms with Crippen molar-refractivity contribution in [3.63, 3.8) is 0 Å². The zero-order chi connectivity index (χ0) is 50.3. The second-order valence-electron chi connectivity index (χ2n) is 18.6. The number of fused-ring (bicyclic) bond motifs is 15. The Balaban J connectivity index is 0.000000816. The number of aromatic nitrogens is 3. The number of benzene rings is 11. The molecule has 12 heteroatoms. The summed E-state index contributed by atoms with van der Waals surface area (Å²) in [4.78, 5) is 15.4. The molecule has 0 saturated heterocycles. The van der Waals surface area contributed by atoms with Gasteiger partial charge in [-0.25, -0.2) is 15.0 Å². The second kappa shape index (κ2) is 19.1. The fourth-order valence-electron chi connectivity index (χ4n) is 10.7. The Labute approximate surface area is 442 Å². The molecule has 0 fully saturated rings. The van der Waals surface area contributed by atoms with Crippen LogP contribution in [0.2, 0.25) is 0 Å². The molecule has 358 valence electrons. The van der Waals surface area contributed by atoms with Crippen LogP contribution in [0.15, 0.2) is 226 Å². The Bertz CT molecular complexity index is 4720. The van der Waals surface area contributed by atoms with Gasteiger partial charge in [0.15, 0.2) is 17.5 Å². The Kier molecular flexibility index (Phi) is 11.9. The maximum absolute atomic E-state index is 6.60. The van der Waals surface area contributed by atoms with Gasteiger partial charge < -0.3 is 13.3 Å². The number of rotatable bonds is 6. The molecule has 0 amide bonds. The Morgan fingerprint density at radius 1 is 0.253 bits per heavy atom. The van der Waals surface area contributed by atoms with E-state index in [0.29, 0.717) is 17.5 Å². The molecule has 0 saturated carbocycles. The highest BCUT2D eigenvalue weighted by Crippen LogP contribution is 2.86. The van der Waals surface area contributed by atoms with Crippen molar-refractivity contribution in [2.45, 2.75) is 0 Å². The van der Waals surface area contributed by atoms with Crippen molar-refractivity contribution in [3.05, 3.63) is 212 Å². The van der Waals surface area contributed by atoms with Gasteiger partial charge in [-0.3, -0.25) is 0 Å². The molecule has 0 aliphatic rings. The summed E-state index contributed by atoms with van der Waals surface area (Å²) in [6, 6.07) is 74.1. The van der Waals surface area contributed by atoms with Gasteiger partial charge in [-0.15, -0.1) is 35.7 Å². The molecule has 4 unspecified atom stereocenters. The third-order valence-corrected chi connectivity index (χ3v) is 35.5. The van der Waals surface area contributed by atoms with E-state index in [2.05, 4.69) is 181 Å². The molecule has 0 bridgehead atoms. The lowest BCUT2D eigenvalue weighted by molar-refractivity contribution is 0.668. The minimum absolute atomic E-state index is 0.165. The van der Waals surface area contributed by atoms with E-state index in [9.17, 15) is 0 Å². The van der Waals surface area contributed by atoms with E-state index < -0.39 is 0 Å². The summed E-state index contributed by atoms with van der Waals surface area (Å²) >= 11 is 0. The summed E-state index contributed by atoms with van der Waals surface area (Å²) < 4.78 is 19.5. The Morgan fingerprint density at radius 2 is 0.667 bits per heavy atom. The van der Waals surface area contributed by atoms with Crippen molar-refractivity contribution >= 4 is 148 Å². The zero-order valence-electron chi connectivity index (χ0n) is 40.0. The molecule has 0 radical (unpaired) electrons. The van der Waals surface area contributed by atoms with Crippen molar-refractivity contribution in [1.82, 2.24) is 15.0 Å². The van der Waals surface area contributed by atoms with Gasteiger partial charge in [-0.05, 0) is 129 Å². The van der Waals surface area contributed by atoms with Crippen molar-refractivity contribution in [2.75, 3.05) is 0 Å². The number of furan rings is 3. The lowest BCUT2D eigenvalue weighted by Crippen LogP contribution is -2.00. The lowest BCUT2D eigenvalue weighted by Gasteiger charge is -2.12. The average Bonchev–Trinajstić information content (AvgIpc) is 4.16. The van der Waals surface area contributed by atoms with Gasteiger partial charge in [0.25, 0.3) is 0 Å². The van der Waals surface area contributed by atoms with Crippen LogP contribution >= 0.6 is 49.7 Å². The Morgan fingerprint density at radius 3 is 1.32 bits per heavy atom. The first-order valence-corrected chi connectivity index (χ1v) is 34.2. The highest BCUT2D eigenvalue weighted by Gasteiger charge is 2.21. The van der Waals surface area contributed by atoms with Crippen LogP contribution in [-0.2, 0) is 0 Å². The summed E-state index contributed by atoms with van der Waals surface area (Å²) in [5.41, 5.74) is 11.8. The fourth-order valence-corrected chi connectivity index (χ4v) is 10.7. The van der Waals surface area contributed by atoms with Gasteiger partial charge in [0.2, 0.25) is 0 Å². The molecular weight excluding hydrogens is 1030 g/mol. The van der Waals surface area contributed by atoms with Crippen LogP contribution in [0.5, 0.6) is 0 Å². The SMILES string of the molecule is PP(P)P(P)P.c1ccc(-c2nc(-c3ccc4c(c3)oc3ccccc34)nc(-c3cccc4oc5ccc(-c6cccc7oc8ccc(-c9ccc%10c%11ccccc%11c%11ccccc%11c%10c9)cc8c67)cc5c34)n2)cc1. The molecule has 11 aromatic carbocycles. The van der Waals surface area contributed by atoms with E-state index in [4.69, 9.17) is 28.2 Å². The van der Waals surface area contributed by atoms with E-state index in [0.717, 1.165) is 105 Å². The van der Waals surface area contributed by atoms with Crippen molar-refractivity contribution in [2.24, 2.45) is 0 Å². The fraction of sp³-hybridized carbons (Fsp3) is 0. The predicted octanol–water partition coefficient (Wildman–Crippen LogP) is 20.4. The van der Waals surface area contributed by atoms with Crippen LogP contribution in [0.4, 0.5) is 0 Å². The van der Waals surface area contributed by atoms with Gasteiger partial charge in [-0.1, -0.05) is 152 Å². The molecule has 0 N–H and O–H groups in total. The van der Waals surface area contributed by atoms with Crippen molar-refractivity contribution < 1.29 is 13.3 Å². The standard InChI is InChI=1S/C63H35N3O3.H8P6/c1-2-12-36(13-3-1)61-64-62(40-25-29-48-47-18-8-9-21-53(47)69-58(48)35-40)66-63(65-61)49-20-11-23-57-60(49)52-34-39(27-31-55(52)68-57)41-19-10-22-56-59(41)51-33-38(26-30-54(51)67-56)37-24-28-46-44-16-5-4-14-42(44)43-15-6-7-17-45(43)50(46)32-37;1-5(2)6(3)4/h1-35H;1-4H2. The van der Waals surface area contributed by atoms with Gasteiger partial charge in [0.05, 0.1) is 0 Å². The number of para-hydroxylation sites is 1.